The van der Waals surface area contributed by atoms with Crippen LogP contribution in [-0.4, -0.2) is 25.6 Å². The molecule has 0 radical (unpaired) electrons. The molecule has 2 nitrogen and oxygen atoms in total. The summed E-state index contributed by atoms with van der Waals surface area (Å²) in [5, 5.41) is 3.59. The summed E-state index contributed by atoms with van der Waals surface area (Å²) in [4.78, 5) is 0. The topological polar surface area (TPSA) is 21.3 Å². The summed E-state index contributed by atoms with van der Waals surface area (Å²) in [5.41, 5.74) is 1.31. The summed E-state index contributed by atoms with van der Waals surface area (Å²) in [7, 11) is 1.68. The molecule has 0 heterocycles. The summed E-state index contributed by atoms with van der Waals surface area (Å²) in [5.74, 6) is 1.42. The van der Waals surface area contributed by atoms with Crippen LogP contribution in [-0.2, 0) is 6.42 Å². The minimum Gasteiger partial charge on any atom is -0.497 e. The molecule has 3 heteroatoms. The predicted molar refractivity (Wildman–Crippen MR) is 74.0 cm³/mol. The van der Waals surface area contributed by atoms with Crippen LogP contribution in [0, 0.1) is 5.92 Å². The van der Waals surface area contributed by atoms with Gasteiger partial charge in [0.05, 0.1) is 7.11 Å². The van der Waals surface area contributed by atoms with Gasteiger partial charge in [0, 0.05) is 11.9 Å². The van der Waals surface area contributed by atoms with Gasteiger partial charge in [-0.1, -0.05) is 26.0 Å². The Hall–Kier alpha value is -0.730. The number of ether oxygens (including phenoxy) is 1. The van der Waals surface area contributed by atoms with Crippen LogP contribution in [0.2, 0.25) is 0 Å². The lowest BCUT2D eigenvalue weighted by Crippen LogP contribution is -2.28. The van der Waals surface area contributed by atoms with Crippen molar-refractivity contribution in [3.8, 4) is 5.75 Å². The first-order chi connectivity index (χ1) is 8.13. The van der Waals surface area contributed by atoms with E-state index in [1.807, 2.05) is 12.1 Å². The summed E-state index contributed by atoms with van der Waals surface area (Å²) in [6, 6.07) is 8.18. The maximum Gasteiger partial charge on any atom is 0.118 e. The predicted octanol–water partition coefficient (Wildman–Crippen LogP) is 3.09. The second kappa shape index (κ2) is 7.57. The normalized spacial score (nSPS) is 12.8. The smallest absolute Gasteiger partial charge is 0.118 e. The van der Waals surface area contributed by atoms with E-state index in [4.69, 9.17) is 16.3 Å². The van der Waals surface area contributed by atoms with E-state index < -0.39 is 0 Å². The van der Waals surface area contributed by atoms with E-state index in [1.54, 1.807) is 7.11 Å². The molecule has 0 aliphatic heterocycles. The average Bonchev–Trinajstić information content (AvgIpc) is 2.35. The quantitative estimate of drug-likeness (QED) is 0.597. The van der Waals surface area contributed by atoms with E-state index in [0.717, 1.165) is 25.3 Å². The largest absolute Gasteiger partial charge is 0.497 e. The van der Waals surface area contributed by atoms with Gasteiger partial charge < -0.3 is 10.1 Å². The molecule has 17 heavy (non-hydrogen) atoms. The Kier molecular flexibility index (Phi) is 6.38. The molecule has 0 bridgehead atoms. The molecule has 1 N–H and O–H groups in total. The fourth-order valence-electron chi connectivity index (χ4n) is 1.50. The lowest BCUT2D eigenvalue weighted by atomic mass is 10.1. The van der Waals surface area contributed by atoms with Crippen molar-refractivity contribution in [3.63, 3.8) is 0 Å². The SMILES string of the molecule is COc1ccc(CCNCC(Cl)C(C)C)cc1. The number of rotatable bonds is 7. The van der Waals surface area contributed by atoms with Crippen molar-refractivity contribution >= 4 is 11.6 Å². The molecular formula is C14H22ClNO. The maximum absolute atomic E-state index is 6.16. The Labute approximate surface area is 109 Å². The standard InChI is InChI=1S/C14H22ClNO/c1-11(2)14(15)10-16-9-8-12-4-6-13(17-3)7-5-12/h4-7,11,14,16H,8-10H2,1-3H3. The summed E-state index contributed by atoms with van der Waals surface area (Å²) >= 11 is 6.16. The minimum atomic E-state index is 0.214. The fraction of sp³-hybridized carbons (Fsp3) is 0.571. The van der Waals surface area contributed by atoms with Gasteiger partial charge in [0.25, 0.3) is 0 Å². The third kappa shape index (κ3) is 5.42. The molecule has 0 aliphatic carbocycles. The number of halogens is 1. The Morgan fingerprint density at radius 3 is 2.41 bits per heavy atom. The zero-order valence-corrected chi connectivity index (χ0v) is 11.6. The Morgan fingerprint density at radius 1 is 1.24 bits per heavy atom. The second-order valence-electron chi connectivity index (χ2n) is 4.56. The molecule has 0 aromatic heterocycles. The van der Waals surface area contributed by atoms with Gasteiger partial charge in [-0.3, -0.25) is 0 Å². The van der Waals surface area contributed by atoms with Crippen LogP contribution in [0.3, 0.4) is 0 Å². The monoisotopic (exact) mass is 255 g/mol. The van der Waals surface area contributed by atoms with E-state index in [9.17, 15) is 0 Å². The van der Waals surface area contributed by atoms with Crippen LogP contribution >= 0.6 is 11.6 Å². The maximum atomic E-state index is 6.16. The van der Waals surface area contributed by atoms with E-state index in [0.29, 0.717) is 5.92 Å². The van der Waals surface area contributed by atoms with Gasteiger partial charge >= 0.3 is 0 Å². The lowest BCUT2D eigenvalue weighted by Gasteiger charge is -2.14. The minimum absolute atomic E-state index is 0.214. The van der Waals surface area contributed by atoms with Gasteiger partial charge in [0.1, 0.15) is 5.75 Å². The van der Waals surface area contributed by atoms with Crippen LogP contribution < -0.4 is 10.1 Å². The van der Waals surface area contributed by atoms with Gasteiger partial charge in [-0.25, -0.2) is 0 Å². The van der Waals surface area contributed by atoms with Gasteiger partial charge in [-0.05, 0) is 36.6 Å². The highest BCUT2D eigenvalue weighted by Crippen LogP contribution is 2.11. The molecule has 0 fully saturated rings. The number of hydrogen-bond donors (Lipinski definition) is 1. The number of nitrogens with one attached hydrogen (secondary N) is 1. The zero-order chi connectivity index (χ0) is 12.7. The van der Waals surface area contributed by atoms with Crippen LogP contribution in [0.15, 0.2) is 24.3 Å². The molecule has 1 atom stereocenters. The van der Waals surface area contributed by atoms with Crippen LogP contribution in [0.5, 0.6) is 5.75 Å². The number of methoxy groups -OCH3 is 1. The van der Waals surface area contributed by atoms with Gasteiger partial charge in [-0.15, -0.1) is 11.6 Å². The van der Waals surface area contributed by atoms with Gasteiger partial charge in [0.15, 0.2) is 0 Å². The first-order valence-corrected chi connectivity index (χ1v) is 6.55. The van der Waals surface area contributed by atoms with Crippen molar-refractivity contribution in [1.29, 1.82) is 0 Å². The summed E-state index contributed by atoms with van der Waals surface area (Å²) < 4.78 is 5.12. The zero-order valence-electron chi connectivity index (χ0n) is 10.9. The summed E-state index contributed by atoms with van der Waals surface area (Å²) in [6.07, 6.45) is 1.02. The van der Waals surface area contributed by atoms with Crippen molar-refractivity contribution in [3.05, 3.63) is 29.8 Å². The Balaban J connectivity index is 2.22. The molecule has 0 saturated carbocycles. The summed E-state index contributed by atoms with van der Waals surface area (Å²) in [6.45, 7) is 6.11. The Morgan fingerprint density at radius 2 is 1.88 bits per heavy atom. The first kappa shape index (κ1) is 14.3. The van der Waals surface area contributed by atoms with Gasteiger partial charge in [-0.2, -0.15) is 0 Å². The molecule has 0 amide bonds. The van der Waals surface area contributed by atoms with E-state index in [2.05, 4.69) is 31.3 Å². The molecule has 0 aliphatic rings. The van der Waals surface area contributed by atoms with Crippen molar-refractivity contribution in [2.75, 3.05) is 20.2 Å². The molecule has 1 aromatic carbocycles. The number of hydrogen-bond acceptors (Lipinski definition) is 2. The molecule has 1 aromatic rings. The molecule has 96 valence electrons. The van der Waals surface area contributed by atoms with E-state index in [1.165, 1.54) is 5.56 Å². The van der Waals surface area contributed by atoms with Crippen molar-refractivity contribution < 1.29 is 4.74 Å². The van der Waals surface area contributed by atoms with Crippen LogP contribution in [0.4, 0.5) is 0 Å². The number of alkyl halides is 1. The Bertz CT molecular complexity index is 311. The molecule has 1 unspecified atom stereocenters. The van der Waals surface area contributed by atoms with E-state index in [-0.39, 0.29) is 5.38 Å². The fourth-order valence-corrected chi connectivity index (χ4v) is 1.61. The highest BCUT2D eigenvalue weighted by molar-refractivity contribution is 6.20. The lowest BCUT2D eigenvalue weighted by molar-refractivity contribution is 0.414. The molecule has 0 saturated heterocycles. The van der Waals surface area contributed by atoms with Crippen molar-refractivity contribution in [1.82, 2.24) is 5.32 Å². The van der Waals surface area contributed by atoms with Crippen molar-refractivity contribution in [2.24, 2.45) is 5.92 Å². The number of benzene rings is 1. The first-order valence-electron chi connectivity index (χ1n) is 6.11. The molecule has 1 rings (SSSR count). The average molecular weight is 256 g/mol. The highest BCUT2D eigenvalue weighted by atomic mass is 35.5. The van der Waals surface area contributed by atoms with Crippen LogP contribution in [0.1, 0.15) is 19.4 Å². The van der Waals surface area contributed by atoms with Crippen molar-refractivity contribution in [2.45, 2.75) is 25.6 Å². The molecule has 0 spiro atoms. The molecular weight excluding hydrogens is 234 g/mol. The van der Waals surface area contributed by atoms with E-state index >= 15 is 0 Å². The van der Waals surface area contributed by atoms with Gasteiger partial charge in [0.2, 0.25) is 0 Å². The second-order valence-corrected chi connectivity index (χ2v) is 5.12. The third-order valence-electron chi connectivity index (χ3n) is 2.81. The highest BCUT2D eigenvalue weighted by Gasteiger charge is 2.07. The third-order valence-corrected chi connectivity index (χ3v) is 3.47. The van der Waals surface area contributed by atoms with Crippen LogP contribution in [0.25, 0.3) is 0 Å².